The van der Waals surface area contributed by atoms with E-state index >= 15 is 0 Å². The van der Waals surface area contributed by atoms with Gasteiger partial charge in [0, 0.05) is 5.56 Å². The SMILES string of the molecule is CC(=O)c1ccc2c(c1)CCC2N(C(=O)OC(C)(C)C)C(=O)OC(C)(C)C. The zero-order chi connectivity index (χ0) is 20.6. The van der Waals surface area contributed by atoms with E-state index in [-0.39, 0.29) is 5.78 Å². The lowest BCUT2D eigenvalue weighted by atomic mass is 10.0. The fourth-order valence-corrected chi connectivity index (χ4v) is 3.03. The van der Waals surface area contributed by atoms with Gasteiger partial charge in [-0.2, -0.15) is 0 Å². The quantitative estimate of drug-likeness (QED) is 0.676. The second-order valence-electron chi connectivity index (χ2n) is 8.85. The highest BCUT2D eigenvalue weighted by Gasteiger charge is 2.40. The van der Waals surface area contributed by atoms with Crippen molar-refractivity contribution < 1.29 is 23.9 Å². The molecule has 0 N–H and O–H groups in total. The fourth-order valence-electron chi connectivity index (χ4n) is 3.03. The van der Waals surface area contributed by atoms with Crippen LogP contribution in [0.4, 0.5) is 9.59 Å². The minimum atomic E-state index is -0.739. The normalized spacial score (nSPS) is 16.5. The molecule has 2 amide bonds. The molecule has 0 spiro atoms. The first-order valence-electron chi connectivity index (χ1n) is 9.17. The molecule has 1 aliphatic carbocycles. The van der Waals surface area contributed by atoms with Gasteiger partial charge in [-0.15, -0.1) is 0 Å². The van der Waals surface area contributed by atoms with Gasteiger partial charge in [0.05, 0.1) is 6.04 Å². The highest BCUT2D eigenvalue weighted by molar-refractivity contribution is 5.94. The molecule has 0 fully saturated rings. The molecule has 6 nitrogen and oxygen atoms in total. The number of benzene rings is 1. The Morgan fingerprint density at radius 2 is 1.48 bits per heavy atom. The summed E-state index contributed by atoms with van der Waals surface area (Å²) in [6, 6.07) is 4.89. The van der Waals surface area contributed by atoms with Crippen LogP contribution in [0.15, 0.2) is 18.2 Å². The third kappa shape index (κ3) is 5.31. The lowest BCUT2D eigenvalue weighted by molar-refractivity contribution is -0.00754. The summed E-state index contributed by atoms with van der Waals surface area (Å²) in [6.07, 6.45) is -0.228. The highest BCUT2D eigenvalue weighted by atomic mass is 16.6. The number of fused-ring (bicyclic) bond motifs is 1. The molecule has 1 atom stereocenters. The first-order valence-corrected chi connectivity index (χ1v) is 9.17. The first-order chi connectivity index (χ1) is 12.3. The number of carbonyl (C=O) groups excluding carboxylic acids is 3. The van der Waals surface area contributed by atoms with E-state index < -0.39 is 29.4 Å². The zero-order valence-electron chi connectivity index (χ0n) is 17.2. The van der Waals surface area contributed by atoms with E-state index in [9.17, 15) is 14.4 Å². The van der Waals surface area contributed by atoms with Crippen molar-refractivity contribution in [2.24, 2.45) is 0 Å². The lowest BCUT2D eigenvalue weighted by Crippen LogP contribution is -2.45. The number of rotatable bonds is 2. The Labute approximate surface area is 160 Å². The minimum Gasteiger partial charge on any atom is -0.443 e. The third-order valence-corrected chi connectivity index (χ3v) is 4.09. The summed E-state index contributed by atoms with van der Waals surface area (Å²) in [6.45, 7) is 12.0. The van der Waals surface area contributed by atoms with Gasteiger partial charge in [0.2, 0.25) is 0 Å². The molecule has 0 radical (unpaired) electrons. The monoisotopic (exact) mass is 375 g/mol. The van der Waals surface area contributed by atoms with Crippen molar-refractivity contribution in [1.82, 2.24) is 4.90 Å². The number of ether oxygens (including phenoxy) is 2. The molecular formula is C21H29NO5. The van der Waals surface area contributed by atoms with Crippen LogP contribution >= 0.6 is 0 Å². The van der Waals surface area contributed by atoms with E-state index in [1.165, 1.54) is 6.92 Å². The van der Waals surface area contributed by atoms with Crippen LogP contribution in [-0.2, 0) is 15.9 Å². The topological polar surface area (TPSA) is 72.9 Å². The van der Waals surface area contributed by atoms with Crippen molar-refractivity contribution in [2.45, 2.75) is 78.6 Å². The van der Waals surface area contributed by atoms with Crippen LogP contribution in [0.2, 0.25) is 0 Å². The van der Waals surface area contributed by atoms with Crippen LogP contribution in [0.5, 0.6) is 0 Å². The molecule has 0 bridgehead atoms. The number of amides is 2. The van der Waals surface area contributed by atoms with Gasteiger partial charge in [-0.25, -0.2) is 14.5 Å². The van der Waals surface area contributed by atoms with Gasteiger partial charge in [0.1, 0.15) is 11.2 Å². The van der Waals surface area contributed by atoms with E-state index in [0.29, 0.717) is 18.4 Å². The number of ketones is 1. The molecule has 0 saturated heterocycles. The molecule has 27 heavy (non-hydrogen) atoms. The van der Waals surface area contributed by atoms with Crippen LogP contribution in [0.1, 0.15) is 82.4 Å². The summed E-state index contributed by atoms with van der Waals surface area (Å²) in [4.78, 5) is 38.3. The molecule has 1 aliphatic rings. The number of imide groups is 1. The maximum atomic E-state index is 12.8. The standard InChI is InChI=1S/C21H29NO5/c1-13(23)14-8-10-16-15(12-14)9-11-17(16)22(18(24)26-20(2,3)4)19(25)27-21(5,6)7/h8,10,12,17H,9,11H2,1-7H3. The molecule has 0 heterocycles. The van der Waals surface area contributed by atoms with E-state index in [2.05, 4.69) is 0 Å². The summed E-state index contributed by atoms with van der Waals surface area (Å²) in [5, 5.41) is 0. The molecule has 1 aromatic carbocycles. The van der Waals surface area contributed by atoms with E-state index in [4.69, 9.17) is 9.47 Å². The van der Waals surface area contributed by atoms with Gasteiger partial charge >= 0.3 is 12.2 Å². The summed E-state index contributed by atoms with van der Waals surface area (Å²) >= 11 is 0. The van der Waals surface area contributed by atoms with Crippen LogP contribution in [-0.4, -0.2) is 34.1 Å². The molecule has 6 heteroatoms. The average Bonchev–Trinajstić information content (AvgIpc) is 2.86. The smallest absolute Gasteiger partial charge is 0.420 e. The molecule has 1 aromatic rings. The Kier molecular flexibility index (Phi) is 5.68. The van der Waals surface area contributed by atoms with Crippen LogP contribution in [0.25, 0.3) is 0 Å². The second-order valence-corrected chi connectivity index (χ2v) is 8.85. The Balaban J connectivity index is 2.39. The molecule has 2 rings (SSSR count). The molecular weight excluding hydrogens is 346 g/mol. The van der Waals surface area contributed by atoms with E-state index in [1.54, 1.807) is 47.6 Å². The van der Waals surface area contributed by atoms with Crippen molar-refractivity contribution in [3.05, 3.63) is 34.9 Å². The van der Waals surface area contributed by atoms with Crippen molar-refractivity contribution in [3.8, 4) is 0 Å². The maximum absolute atomic E-state index is 12.8. The zero-order valence-corrected chi connectivity index (χ0v) is 17.2. The second kappa shape index (κ2) is 7.33. The van der Waals surface area contributed by atoms with E-state index in [1.807, 2.05) is 12.1 Å². The van der Waals surface area contributed by atoms with Gasteiger partial charge in [0.25, 0.3) is 0 Å². The van der Waals surface area contributed by atoms with Crippen LogP contribution in [0.3, 0.4) is 0 Å². The first kappa shape index (κ1) is 20.9. The molecule has 0 aliphatic heterocycles. The predicted molar refractivity (Wildman–Crippen MR) is 102 cm³/mol. The number of hydrogen-bond acceptors (Lipinski definition) is 5. The summed E-state index contributed by atoms with van der Waals surface area (Å²) in [7, 11) is 0. The molecule has 0 saturated carbocycles. The number of Topliss-reactive ketones (excluding diaryl/α,β-unsaturated/α-hetero) is 1. The average molecular weight is 375 g/mol. The van der Waals surface area contributed by atoms with Crippen LogP contribution < -0.4 is 0 Å². The van der Waals surface area contributed by atoms with Crippen molar-refractivity contribution in [3.63, 3.8) is 0 Å². The maximum Gasteiger partial charge on any atom is 0.420 e. The number of nitrogens with zero attached hydrogens (tertiary/aromatic N) is 1. The predicted octanol–water partition coefficient (Wildman–Crippen LogP) is 5.05. The Bertz CT molecular complexity index is 727. The largest absolute Gasteiger partial charge is 0.443 e. The number of aryl methyl sites for hydroxylation is 1. The Morgan fingerprint density at radius 3 is 1.93 bits per heavy atom. The van der Waals surface area contributed by atoms with Crippen molar-refractivity contribution >= 4 is 18.0 Å². The van der Waals surface area contributed by atoms with Gasteiger partial charge in [0.15, 0.2) is 5.78 Å². The van der Waals surface area contributed by atoms with Gasteiger partial charge < -0.3 is 9.47 Å². The van der Waals surface area contributed by atoms with Crippen LogP contribution in [0, 0.1) is 0 Å². The van der Waals surface area contributed by atoms with Gasteiger partial charge in [-0.05, 0) is 78.5 Å². The molecule has 148 valence electrons. The van der Waals surface area contributed by atoms with Gasteiger partial charge in [-0.1, -0.05) is 12.1 Å². The molecule has 1 unspecified atom stereocenters. The molecule has 0 aromatic heterocycles. The lowest BCUT2D eigenvalue weighted by Gasteiger charge is -2.32. The van der Waals surface area contributed by atoms with Gasteiger partial charge in [-0.3, -0.25) is 4.79 Å². The number of carbonyl (C=O) groups is 3. The fraction of sp³-hybridized carbons (Fsp3) is 0.571. The summed E-state index contributed by atoms with van der Waals surface area (Å²) in [5.74, 6) is -0.0163. The Hall–Kier alpha value is -2.37. The summed E-state index contributed by atoms with van der Waals surface area (Å²) in [5.41, 5.74) is 0.950. The van der Waals surface area contributed by atoms with Crippen molar-refractivity contribution in [2.75, 3.05) is 0 Å². The van der Waals surface area contributed by atoms with Crippen molar-refractivity contribution in [1.29, 1.82) is 0 Å². The Morgan fingerprint density at radius 1 is 0.963 bits per heavy atom. The highest BCUT2D eigenvalue weighted by Crippen LogP contribution is 2.38. The third-order valence-electron chi connectivity index (χ3n) is 4.09. The summed E-state index contributed by atoms with van der Waals surface area (Å²) < 4.78 is 10.9. The van der Waals surface area contributed by atoms with E-state index in [0.717, 1.165) is 16.0 Å². The number of hydrogen-bond donors (Lipinski definition) is 0. The minimum absolute atomic E-state index is 0.0163.